The number of hydrogen-bond donors (Lipinski definition) is 1. The molecular formula is C20H25N3O3S. The Bertz CT molecular complexity index is 996. The van der Waals surface area contributed by atoms with Crippen LogP contribution in [0.25, 0.3) is 12.2 Å². The van der Waals surface area contributed by atoms with Gasteiger partial charge in [-0.3, -0.25) is 23.9 Å². The van der Waals surface area contributed by atoms with Crippen molar-refractivity contribution in [3.05, 3.63) is 49.6 Å². The van der Waals surface area contributed by atoms with Gasteiger partial charge in [0.25, 0.3) is 5.56 Å². The van der Waals surface area contributed by atoms with E-state index in [0.29, 0.717) is 14.9 Å². The number of amides is 1. The number of nitrogens with zero attached hydrogens (tertiary/aromatic N) is 2. The summed E-state index contributed by atoms with van der Waals surface area (Å²) in [6.45, 7) is 9.01. The van der Waals surface area contributed by atoms with Gasteiger partial charge in [-0.2, -0.15) is 0 Å². The molecule has 0 spiro atoms. The molecule has 6 nitrogen and oxygen atoms in total. The fraction of sp³-hybridized carbons (Fsp3) is 0.400. The normalized spacial score (nSPS) is 13.3. The van der Waals surface area contributed by atoms with Crippen LogP contribution in [0.15, 0.2) is 29.2 Å². The molecule has 0 aliphatic rings. The van der Waals surface area contributed by atoms with Gasteiger partial charge in [-0.1, -0.05) is 26.8 Å². The lowest BCUT2D eigenvalue weighted by molar-refractivity contribution is -0.122. The molecule has 0 saturated carbocycles. The average Bonchev–Trinajstić information content (AvgIpc) is 2.83. The second-order valence-electron chi connectivity index (χ2n) is 7.58. The molecule has 1 N–H and O–H groups in total. The van der Waals surface area contributed by atoms with Gasteiger partial charge >= 0.3 is 0 Å². The molecule has 2 heterocycles. The van der Waals surface area contributed by atoms with Crippen LogP contribution in [0.1, 0.15) is 40.3 Å². The van der Waals surface area contributed by atoms with Gasteiger partial charge in [0, 0.05) is 23.7 Å². The fourth-order valence-electron chi connectivity index (χ4n) is 2.23. The Morgan fingerprint density at radius 3 is 2.56 bits per heavy atom. The third-order valence-electron chi connectivity index (χ3n) is 3.65. The summed E-state index contributed by atoms with van der Waals surface area (Å²) in [5.41, 5.74) is -0.239. The summed E-state index contributed by atoms with van der Waals surface area (Å²) >= 11 is 1.18. The van der Waals surface area contributed by atoms with Gasteiger partial charge in [0.2, 0.25) is 5.91 Å². The number of Topliss-reactive ketones (excluding diaryl/α,β-unsaturated/α-hetero) is 1. The highest BCUT2D eigenvalue weighted by Gasteiger charge is 2.20. The van der Waals surface area contributed by atoms with Crippen LogP contribution in [0, 0.1) is 5.41 Å². The first kappa shape index (κ1) is 20.8. The van der Waals surface area contributed by atoms with Crippen LogP contribution in [0.5, 0.6) is 0 Å². The van der Waals surface area contributed by atoms with Crippen LogP contribution in [-0.4, -0.2) is 27.3 Å². The maximum atomic E-state index is 12.8. The molecule has 27 heavy (non-hydrogen) atoms. The topological polar surface area (TPSA) is 81.1 Å². The average molecular weight is 388 g/mol. The lowest BCUT2D eigenvalue weighted by atomic mass is 9.91. The van der Waals surface area contributed by atoms with E-state index in [1.165, 1.54) is 22.0 Å². The minimum absolute atomic E-state index is 0.0324. The number of pyridine rings is 1. The first-order chi connectivity index (χ1) is 12.6. The Morgan fingerprint density at radius 2 is 2.00 bits per heavy atom. The molecule has 0 aliphatic heterocycles. The molecule has 2 rings (SSSR count). The molecule has 1 amide bonds. The lowest BCUT2D eigenvalue weighted by Gasteiger charge is -2.13. The Hall–Kier alpha value is -2.54. The number of hydrogen-bond acceptors (Lipinski definition) is 5. The van der Waals surface area contributed by atoms with Gasteiger partial charge in [0.1, 0.15) is 11.2 Å². The van der Waals surface area contributed by atoms with E-state index in [4.69, 9.17) is 0 Å². The van der Waals surface area contributed by atoms with Crippen molar-refractivity contribution in [1.29, 1.82) is 0 Å². The highest BCUT2D eigenvalue weighted by Crippen LogP contribution is 2.14. The second-order valence-corrected chi connectivity index (χ2v) is 8.64. The van der Waals surface area contributed by atoms with Crippen molar-refractivity contribution in [2.24, 2.45) is 5.41 Å². The molecule has 2 aromatic heterocycles. The standard InChI is InChI=1S/C20H25N3O3S/c1-13(2)22-17(25)12-23-18(11-16(24)20(3,4)5)27-15(19(23)26)10-14-8-6-7-9-21-14/h6-11,13H,12H2,1-5H3,(H,22,25). The van der Waals surface area contributed by atoms with Crippen LogP contribution >= 0.6 is 11.3 Å². The van der Waals surface area contributed by atoms with Crippen molar-refractivity contribution in [1.82, 2.24) is 14.9 Å². The monoisotopic (exact) mass is 387 g/mol. The van der Waals surface area contributed by atoms with E-state index in [0.717, 1.165) is 0 Å². The van der Waals surface area contributed by atoms with Crippen molar-refractivity contribution in [2.75, 3.05) is 0 Å². The number of rotatable bonds is 5. The Labute approximate surface area is 162 Å². The van der Waals surface area contributed by atoms with Crippen LogP contribution in [0.4, 0.5) is 0 Å². The third kappa shape index (κ3) is 5.72. The SMILES string of the molecule is CC(C)NC(=O)Cn1c(=CC(=O)C(C)(C)C)sc(=Cc2ccccn2)c1=O. The summed E-state index contributed by atoms with van der Waals surface area (Å²) in [7, 11) is 0. The number of nitrogens with one attached hydrogen (secondary N) is 1. The van der Waals surface area contributed by atoms with Crippen LogP contribution < -0.4 is 20.1 Å². The number of ketones is 1. The Kier molecular flexibility index (Phi) is 6.49. The minimum Gasteiger partial charge on any atom is -0.352 e. The first-order valence-corrected chi connectivity index (χ1v) is 9.57. The molecule has 0 radical (unpaired) electrons. The summed E-state index contributed by atoms with van der Waals surface area (Å²) in [4.78, 5) is 41.7. The fourth-order valence-corrected chi connectivity index (χ4v) is 3.25. The molecule has 144 valence electrons. The summed E-state index contributed by atoms with van der Waals surface area (Å²) in [6, 6.07) is 5.38. The molecule has 0 unspecified atom stereocenters. The number of thiazole rings is 1. The molecule has 0 saturated heterocycles. The maximum absolute atomic E-state index is 12.8. The van der Waals surface area contributed by atoms with Crippen LogP contribution in [0.3, 0.4) is 0 Å². The molecule has 0 atom stereocenters. The Balaban J connectivity index is 2.60. The number of carbonyl (C=O) groups is 2. The lowest BCUT2D eigenvalue weighted by Crippen LogP contribution is -2.40. The highest BCUT2D eigenvalue weighted by molar-refractivity contribution is 7.07. The van der Waals surface area contributed by atoms with Gasteiger partial charge in [-0.25, -0.2) is 0 Å². The zero-order chi connectivity index (χ0) is 20.2. The van der Waals surface area contributed by atoms with Crippen LogP contribution in [-0.2, 0) is 16.1 Å². The van der Waals surface area contributed by atoms with Crippen molar-refractivity contribution >= 4 is 35.2 Å². The first-order valence-electron chi connectivity index (χ1n) is 8.76. The molecule has 0 aliphatic carbocycles. The van der Waals surface area contributed by atoms with Gasteiger partial charge in [0.15, 0.2) is 5.78 Å². The second kappa shape index (κ2) is 8.43. The smallest absolute Gasteiger partial charge is 0.269 e. The zero-order valence-electron chi connectivity index (χ0n) is 16.3. The predicted molar refractivity (Wildman–Crippen MR) is 108 cm³/mol. The summed E-state index contributed by atoms with van der Waals surface area (Å²) < 4.78 is 2.24. The molecule has 0 fully saturated rings. The van der Waals surface area contributed by atoms with E-state index in [9.17, 15) is 14.4 Å². The molecule has 7 heteroatoms. The van der Waals surface area contributed by atoms with Crippen LogP contribution in [0.2, 0.25) is 0 Å². The molecule has 0 aromatic carbocycles. The molecular weight excluding hydrogens is 362 g/mol. The summed E-state index contributed by atoms with van der Waals surface area (Å²) in [5.74, 6) is -0.377. The van der Waals surface area contributed by atoms with E-state index in [1.807, 2.05) is 40.7 Å². The number of carbonyl (C=O) groups excluding carboxylic acids is 2. The van der Waals surface area contributed by atoms with Crippen molar-refractivity contribution < 1.29 is 9.59 Å². The van der Waals surface area contributed by atoms with Gasteiger partial charge < -0.3 is 5.32 Å². The summed E-state index contributed by atoms with van der Waals surface area (Å²) in [5, 5.41) is 2.77. The Morgan fingerprint density at radius 1 is 1.30 bits per heavy atom. The summed E-state index contributed by atoms with van der Waals surface area (Å²) in [6.07, 6.45) is 4.76. The van der Waals surface area contributed by atoms with Crippen molar-refractivity contribution in [3.63, 3.8) is 0 Å². The number of aromatic nitrogens is 2. The van der Waals surface area contributed by atoms with Gasteiger partial charge in [-0.15, -0.1) is 11.3 Å². The highest BCUT2D eigenvalue weighted by atomic mass is 32.1. The van der Waals surface area contributed by atoms with E-state index >= 15 is 0 Å². The van der Waals surface area contributed by atoms with E-state index < -0.39 is 5.41 Å². The van der Waals surface area contributed by atoms with E-state index in [-0.39, 0.29) is 29.8 Å². The third-order valence-corrected chi connectivity index (χ3v) is 4.71. The largest absolute Gasteiger partial charge is 0.352 e. The van der Waals surface area contributed by atoms with Gasteiger partial charge in [-0.05, 0) is 32.1 Å². The minimum atomic E-state index is -0.573. The van der Waals surface area contributed by atoms with E-state index in [1.54, 1.807) is 24.4 Å². The maximum Gasteiger partial charge on any atom is 0.269 e. The molecule has 0 bridgehead atoms. The van der Waals surface area contributed by atoms with Gasteiger partial charge in [0.05, 0.1) is 10.2 Å². The molecule has 2 aromatic rings. The van der Waals surface area contributed by atoms with Crippen molar-refractivity contribution in [2.45, 2.75) is 47.2 Å². The zero-order valence-corrected chi connectivity index (χ0v) is 17.1. The predicted octanol–water partition coefficient (Wildman–Crippen LogP) is 1.05. The van der Waals surface area contributed by atoms with Crippen molar-refractivity contribution in [3.8, 4) is 0 Å². The quantitative estimate of drug-likeness (QED) is 0.832. The van der Waals surface area contributed by atoms with E-state index in [2.05, 4.69) is 10.3 Å².